The van der Waals surface area contributed by atoms with Crippen molar-refractivity contribution in [2.45, 2.75) is 38.6 Å². The molecule has 1 atom stereocenters. The minimum Gasteiger partial charge on any atom is -0.298 e. The van der Waals surface area contributed by atoms with Gasteiger partial charge in [0.25, 0.3) is 0 Å². The molecule has 1 aliphatic heterocycles. The first-order valence-corrected chi connectivity index (χ1v) is 6.81. The second-order valence-electron chi connectivity index (χ2n) is 3.71. The molecule has 0 bridgehead atoms. The highest BCUT2D eigenvalue weighted by molar-refractivity contribution is 7.88. The molecule has 0 aliphatic carbocycles. The number of piperidine rings is 1. The number of hydrogen-bond donors (Lipinski definition) is 0. The molecule has 0 unspecified atom stereocenters. The molecule has 1 heterocycles. The summed E-state index contributed by atoms with van der Waals surface area (Å²) in [4.78, 5) is 11.5. The maximum atomic E-state index is 11.5. The minimum atomic E-state index is -3.22. The van der Waals surface area contributed by atoms with Crippen LogP contribution in [0.5, 0.6) is 0 Å². The van der Waals surface area contributed by atoms with Gasteiger partial charge >= 0.3 is 0 Å². The molecule has 0 aromatic heterocycles. The van der Waals surface area contributed by atoms with Crippen molar-refractivity contribution >= 4 is 15.8 Å². The molecule has 0 radical (unpaired) electrons. The predicted molar refractivity (Wildman–Crippen MR) is 54.5 cm³/mol. The van der Waals surface area contributed by atoms with Crippen LogP contribution in [0.25, 0.3) is 0 Å². The van der Waals surface area contributed by atoms with Gasteiger partial charge < -0.3 is 0 Å². The van der Waals surface area contributed by atoms with E-state index in [1.165, 1.54) is 10.6 Å². The lowest BCUT2D eigenvalue weighted by molar-refractivity contribution is -0.123. The Morgan fingerprint density at radius 2 is 2.07 bits per heavy atom. The molecule has 1 rings (SSSR count). The van der Waals surface area contributed by atoms with Crippen molar-refractivity contribution in [3.8, 4) is 0 Å². The molecule has 0 N–H and O–H groups in total. The first-order chi connectivity index (χ1) is 6.46. The molecule has 0 saturated carbocycles. The highest BCUT2D eigenvalue weighted by atomic mass is 32.2. The largest absolute Gasteiger partial charge is 0.298 e. The number of sulfonamides is 1. The predicted octanol–water partition coefficient (Wildman–Crippen LogP) is 0.780. The maximum Gasteiger partial charge on any atom is 0.211 e. The second-order valence-corrected chi connectivity index (χ2v) is 5.64. The molecule has 82 valence electrons. The fourth-order valence-corrected chi connectivity index (χ4v) is 3.01. The van der Waals surface area contributed by atoms with Gasteiger partial charge in [-0.1, -0.05) is 13.3 Å². The van der Waals surface area contributed by atoms with Gasteiger partial charge in [-0.15, -0.1) is 0 Å². The monoisotopic (exact) mass is 219 g/mol. The van der Waals surface area contributed by atoms with Gasteiger partial charge in [0.15, 0.2) is 5.78 Å². The van der Waals surface area contributed by atoms with Crippen LogP contribution < -0.4 is 0 Å². The Hall–Kier alpha value is -0.420. The molecular weight excluding hydrogens is 202 g/mol. The van der Waals surface area contributed by atoms with Crippen molar-refractivity contribution < 1.29 is 13.2 Å². The van der Waals surface area contributed by atoms with Crippen LogP contribution in [-0.2, 0) is 14.8 Å². The van der Waals surface area contributed by atoms with Crippen LogP contribution in [0.2, 0.25) is 0 Å². The van der Waals surface area contributed by atoms with Gasteiger partial charge in [0.2, 0.25) is 10.0 Å². The van der Waals surface area contributed by atoms with E-state index in [0.29, 0.717) is 19.4 Å². The summed E-state index contributed by atoms with van der Waals surface area (Å²) in [6, 6.07) is -0.399. The fraction of sp³-hybridized carbons (Fsp3) is 0.889. The van der Waals surface area contributed by atoms with Gasteiger partial charge in [0.05, 0.1) is 12.3 Å². The minimum absolute atomic E-state index is 0.0372. The van der Waals surface area contributed by atoms with Crippen molar-refractivity contribution in [3.63, 3.8) is 0 Å². The van der Waals surface area contributed by atoms with E-state index in [1.54, 1.807) is 6.92 Å². The number of carbonyl (C=O) groups excluding carboxylic acids is 1. The van der Waals surface area contributed by atoms with Crippen LogP contribution in [0.1, 0.15) is 32.6 Å². The van der Waals surface area contributed by atoms with Crippen LogP contribution >= 0.6 is 0 Å². The SMILES string of the molecule is CCC(=O)[C@@H]1CCCCN1S(C)(=O)=O. The van der Waals surface area contributed by atoms with Gasteiger partial charge in [-0.3, -0.25) is 4.79 Å². The zero-order valence-electron chi connectivity index (χ0n) is 8.69. The quantitative estimate of drug-likeness (QED) is 0.705. The summed E-state index contributed by atoms with van der Waals surface area (Å²) in [7, 11) is -3.22. The van der Waals surface area contributed by atoms with Crippen LogP contribution in [-0.4, -0.2) is 37.3 Å². The number of hydrogen-bond acceptors (Lipinski definition) is 3. The summed E-state index contributed by atoms with van der Waals surface area (Å²) in [5.74, 6) is 0.0372. The van der Waals surface area contributed by atoms with E-state index in [2.05, 4.69) is 0 Å². The molecule has 1 aliphatic rings. The average molecular weight is 219 g/mol. The Morgan fingerprint density at radius 3 is 2.57 bits per heavy atom. The second kappa shape index (κ2) is 4.40. The van der Waals surface area contributed by atoms with E-state index in [4.69, 9.17) is 0 Å². The van der Waals surface area contributed by atoms with Crippen LogP contribution in [0.4, 0.5) is 0 Å². The zero-order valence-corrected chi connectivity index (χ0v) is 9.51. The molecule has 1 saturated heterocycles. The number of carbonyl (C=O) groups is 1. The van der Waals surface area contributed by atoms with Crippen molar-refractivity contribution in [1.82, 2.24) is 4.31 Å². The Kier molecular flexibility index (Phi) is 3.66. The van der Waals surface area contributed by atoms with Crippen LogP contribution in [0, 0.1) is 0 Å². The topological polar surface area (TPSA) is 54.5 Å². The lowest BCUT2D eigenvalue weighted by Crippen LogP contribution is -2.47. The van der Waals surface area contributed by atoms with Gasteiger partial charge in [-0.25, -0.2) is 8.42 Å². The lowest BCUT2D eigenvalue weighted by Gasteiger charge is -2.32. The van der Waals surface area contributed by atoms with Crippen molar-refractivity contribution in [1.29, 1.82) is 0 Å². The summed E-state index contributed by atoms with van der Waals surface area (Å²) >= 11 is 0. The van der Waals surface area contributed by atoms with Gasteiger partial charge in [0, 0.05) is 13.0 Å². The van der Waals surface area contributed by atoms with E-state index in [1.807, 2.05) is 0 Å². The third kappa shape index (κ3) is 2.54. The van der Waals surface area contributed by atoms with Gasteiger partial charge in [-0.2, -0.15) is 4.31 Å². The zero-order chi connectivity index (χ0) is 10.8. The van der Waals surface area contributed by atoms with Crippen molar-refractivity contribution in [2.24, 2.45) is 0 Å². The normalized spacial score (nSPS) is 24.9. The molecule has 0 amide bonds. The Balaban J connectivity index is 2.85. The average Bonchev–Trinajstić information content (AvgIpc) is 2.15. The van der Waals surface area contributed by atoms with Gasteiger partial charge in [-0.05, 0) is 12.8 Å². The molecular formula is C9H17NO3S. The summed E-state index contributed by atoms with van der Waals surface area (Å²) in [6.45, 7) is 2.27. The Labute approximate surface area is 85.3 Å². The lowest BCUT2D eigenvalue weighted by atomic mass is 10.00. The number of rotatable bonds is 3. The molecule has 14 heavy (non-hydrogen) atoms. The Bertz CT molecular complexity index is 310. The molecule has 4 nitrogen and oxygen atoms in total. The number of nitrogens with zero attached hydrogens (tertiary/aromatic N) is 1. The first-order valence-electron chi connectivity index (χ1n) is 4.96. The maximum absolute atomic E-state index is 11.5. The standard InChI is InChI=1S/C9H17NO3S/c1-3-9(11)8-6-4-5-7-10(8)14(2,12)13/h8H,3-7H2,1-2H3/t8-/m0/s1. The van der Waals surface area contributed by atoms with Crippen molar-refractivity contribution in [2.75, 3.05) is 12.8 Å². The summed E-state index contributed by atoms with van der Waals surface area (Å²) in [5.41, 5.74) is 0. The van der Waals surface area contributed by atoms with E-state index < -0.39 is 16.1 Å². The Morgan fingerprint density at radius 1 is 1.43 bits per heavy atom. The van der Waals surface area contributed by atoms with E-state index in [0.717, 1.165) is 12.8 Å². The summed E-state index contributed by atoms with van der Waals surface area (Å²) < 4.78 is 24.1. The van der Waals surface area contributed by atoms with E-state index in [-0.39, 0.29) is 5.78 Å². The highest BCUT2D eigenvalue weighted by Crippen LogP contribution is 2.21. The first kappa shape index (κ1) is 11.7. The molecule has 0 aromatic carbocycles. The molecule has 0 spiro atoms. The summed E-state index contributed by atoms with van der Waals surface area (Å²) in [6.07, 6.45) is 4.08. The van der Waals surface area contributed by atoms with Crippen molar-refractivity contribution in [3.05, 3.63) is 0 Å². The number of ketones is 1. The summed E-state index contributed by atoms with van der Waals surface area (Å²) in [5, 5.41) is 0. The molecule has 0 aromatic rings. The molecule has 5 heteroatoms. The number of Topliss-reactive ketones (excluding diaryl/α,β-unsaturated/α-hetero) is 1. The van der Waals surface area contributed by atoms with E-state index >= 15 is 0 Å². The highest BCUT2D eigenvalue weighted by Gasteiger charge is 2.32. The van der Waals surface area contributed by atoms with E-state index in [9.17, 15) is 13.2 Å². The van der Waals surface area contributed by atoms with Crippen LogP contribution in [0.3, 0.4) is 0 Å². The molecule has 1 fully saturated rings. The fourth-order valence-electron chi connectivity index (χ4n) is 1.86. The van der Waals surface area contributed by atoms with Gasteiger partial charge in [0.1, 0.15) is 0 Å². The van der Waals surface area contributed by atoms with Crippen LogP contribution in [0.15, 0.2) is 0 Å². The third-order valence-electron chi connectivity index (χ3n) is 2.60. The smallest absolute Gasteiger partial charge is 0.211 e. The third-order valence-corrected chi connectivity index (χ3v) is 3.89.